The van der Waals surface area contributed by atoms with Crippen molar-refractivity contribution < 1.29 is 9.59 Å². The van der Waals surface area contributed by atoms with Crippen LogP contribution < -0.4 is 5.73 Å². The van der Waals surface area contributed by atoms with Crippen molar-refractivity contribution in [3.05, 3.63) is 94.5 Å². The van der Waals surface area contributed by atoms with Crippen molar-refractivity contribution >= 4 is 45.8 Å². The first-order chi connectivity index (χ1) is 19.8. The molecule has 3 aromatic carbocycles. The number of rotatable bonds is 9. The highest BCUT2D eigenvalue weighted by Gasteiger charge is 2.38. The molecule has 0 aliphatic carbocycles. The van der Waals surface area contributed by atoms with Crippen molar-refractivity contribution in [2.45, 2.75) is 57.3 Å². The van der Waals surface area contributed by atoms with Crippen molar-refractivity contribution in [1.82, 2.24) is 24.6 Å². The standard InChI is InChI=1S/C31H34Cl2N6O2/c1-21-17-39(31(41)29(34)15-25-10-11-26(32)16-28(25)33)27(7-4-12-37-20-35-19-36-37)18-38(21)30(40)14-22-8-9-23-5-2-3-6-24(23)13-22/h2-3,5-6,8-11,13,16,19-21,27,29H,4,7,12,14-15,17-18,34H2,1H3/t21-,27+,29-/m1/s1. The molecule has 4 aromatic rings. The fraction of sp³-hybridized carbons (Fsp3) is 0.355. The number of aryl methyl sites for hydroxylation is 1. The van der Waals surface area contributed by atoms with E-state index in [9.17, 15) is 9.59 Å². The number of aromatic nitrogens is 3. The van der Waals surface area contributed by atoms with Gasteiger partial charge in [-0.3, -0.25) is 14.3 Å². The summed E-state index contributed by atoms with van der Waals surface area (Å²) in [6, 6.07) is 18.4. The van der Waals surface area contributed by atoms with Gasteiger partial charge in [-0.1, -0.05) is 71.7 Å². The lowest BCUT2D eigenvalue weighted by Crippen LogP contribution is -2.63. The molecule has 2 heterocycles. The van der Waals surface area contributed by atoms with Gasteiger partial charge in [0.25, 0.3) is 0 Å². The van der Waals surface area contributed by atoms with Gasteiger partial charge in [-0.15, -0.1) is 0 Å². The molecule has 8 nitrogen and oxygen atoms in total. The first kappa shape index (κ1) is 29.0. The van der Waals surface area contributed by atoms with E-state index in [4.69, 9.17) is 28.9 Å². The monoisotopic (exact) mass is 592 g/mol. The van der Waals surface area contributed by atoms with Crippen molar-refractivity contribution in [3.8, 4) is 0 Å². The molecular weight excluding hydrogens is 559 g/mol. The Morgan fingerprint density at radius 2 is 1.83 bits per heavy atom. The summed E-state index contributed by atoms with van der Waals surface area (Å²) >= 11 is 12.4. The molecule has 10 heteroatoms. The molecule has 5 rings (SSSR count). The Bertz CT molecular complexity index is 1510. The maximum atomic E-state index is 13.7. The van der Waals surface area contributed by atoms with E-state index in [0.29, 0.717) is 48.9 Å². The normalized spacial score (nSPS) is 18.0. The predicted molar refractivity (Wildman–Crippen MR) is 162 cm³/mol. The first-order valence-corrected chi connectivity index (χ1v) is 14.6. The number of benzene rings is 3. The maximum absolute atomic E-state index is 13.7. The van der Waals surface area contributed by atoms with Crippen LogP contribution >= 0.6 is 23.2 Å². The molecule has 1 aliphatic rings. The smallest absolute Gasteiger partial charge is 0.240 e. The summed E-state index contributed by atoms with van der Waals surface area (Å²) in [6.07, 6.45) is 5.27. The minimum absolute atomic E-state index is 0.0541. The van der Waals surface area contributed by atoms with Gasteiger partial charge in [0.2, 0.25) is 11.8 Å². The molecular formula is C31H34Cl2N6O2. The SMILES string of the molecule is C[C@@H]1CN(C(=O)[C@H](N)Cc2ccc(Cl)cc2Cl)[C@@H](CCCn2cncn2)CN1C(=O)Cc1ccc2ccccc2c1. The van der Waals surface area contributed by atoms with E-state index in [2.05, 4.69) is 34.3 Å². The van der Waals surface area contributed by atoms with Gasteiger partial charge in [0.1, 0.15) is 12.7 Å². The van der Waals surface area contributed by atoms with E-state index >= 15 is 0 Å². The van der Waals surface area contributed by atoms with Gasteiger partial charge in [0.15, 0.2) is 0 Å². The zero-order chi connectivity index (χ0) is 28.9. The molecule has 2 amide bonds. The molecule has 2 N–H and O–H groups in total. The second-order valence-electron chi connectivity index (χ2n) is 10.7. The number of carbonyl (C=O) groups is 2. The number of hydrogen-bond donors (Lipinski definition) is 1. The van der Waals surface area contributed by atoms with Crippen LogP contribution in [0.1, 0.15) is 30.9 Å². The van der Waals surface area contributed by atoms with Crippen LogP contribution in [0.2, 0.25) is 10.0 Å². The van der Waals surface area contributed by atoms with E-state index in [0.717, 1.165) is 28.3 Å². The fourth-order valence-corrected chi connectivity index (χ4v) is 6.07. The van der Waals surface area contributed by atoms with Gasteiger partial charge in [-0.25, -0.2) is 4.98 Å². The molecule has 3 atom stereocenters. The highest BCUT2D eigenvalue weighted by atomic mass is 35.5. The molecule has 1 saturated heterocycles. The van der Waals surface area contributed by atoms with Crippen LogP contribution in [0.3, 0.4) is 0 Å². The molecule has 1 fully saturated rings. The van der Waals surface area contributed by atoms with E-state index in [1.807, 2.05) is 34.9 Å². The summed E-state index contributed by atoms with van der Waals surface area (Å²) in [5, 5.41) is 7.46. The van der Waals surface area contributed by atoms with E-state index in [-0.39, 0.29) is 23.9 Å². The average molecular weight is 594 g/mol. The molecule has 0 unspecified atom stereocenters. The van der Waals surface area contributed by atoms with Crippen LogP contribution in [0.15, 0.2) is 73.3 Å². The van der Waals surface area contributed by atoms with Crippen molar-refractivity contribution in [2.24, 2.45) is 5.73 Å². The third kappa shape index (κ3) is 7.07. The van der Waals surface area contributed by atoms with Gasteiger partial charge in [0.05, 0.1) is 12.5 Å². The number of amides is 2. The van der Waals surface area contributed by atoms with Gasteiger partial charge >= 0.3 is 0 Å². The molecule has 0 spiro atoms. The Hall–Kier alpha value is -3.46. The molecule has 1 aliphatic heterocycles. The van der Waals surface area contributed by atoms with Gasteiger partial charge in [-0.05, 0) is 60.2 Å². The van der Waals surface area contributed by atoms with Crippen LogP contribution in [0, 0.1) is 0 Å². The van der Waals surface area contributed by atoms with E-state index in [1.54, 1.807) is 29.2 Å². The number of nitrogens with zero attached hydrogens (tertiary/aromatic N) is 5. The molecule has 41 heavy (non-hydrogen) atoms. The second-order valence-corrected chi connectivity index (χ2v) is 11.6. The van der Waals surface area contributed by atoms with Gasteiger partial charge in [0, 0.05) is 41.8 Å². The largest absolute Gasteiger partial charge is 0.336 e. The Balaban J connectivity index is 1.30. The minimum atomic E-state index is -0.765. The molecule has 214 valence electrons. The van der Waals surface area contributed by atoms with Crippen LogP contribution in [0.25, 0.3) is 10.8 Å². The second kappa shape index (κ2) is 13.0. The molecule has 0 radical (unpaired) electrons. The summed E-state index contributed by atoms with van der Waals surface area (Å²) < 4.78 is 1.77. The predicted octanol–water partition coefficient (Wildman–Crippen LogP) is 4.76. The average Bonchev–Trinajstić information content (AvgIpc) is 3.48. The van der Waals surface area contributed by atoms with Crippen molar-refractivity contribution in [1.29, 1.82) is 0 Å². The quantitative estimate of drug-likeness (QED) is 0.302. The third-order valence-electron chi connectivity index (χ3n) is 7.78. The third-order valence-corrected chi connectivity index (χ3v) is 8.36. The number of carbonyl (C=O) groups excluding carboxylic acids is 2. The Kier molecular flexibility index (Phi) is 9.22. The minimum Gasteiger partial charge on any atom is -0.336 e. The van der Waals surface area contributed by atoms with Crippen LogP contribution in [0.5, 0.6) is 0 Å². The number of hydrogen-bond acceptors (Lipinski definition) is 5. The van der Waals surface area contributed by atoms with Crippen LogP contribution in [-0.4, -0.2) is 67.6 Å². The van der Waals surface area contributed by atoms with Crippen molar-refractivity contribution in [2.75, 3.05) is 13.1 Å². The number of halogens is 2. The number of nitrogens with two attached hydrogens (primary N) is 1. The molecule has 0 bridgehead atoms. The van der Waals surface area contributed by atoms with Gasteiger partial charge < -0.3 is 15.5 Å². The van der Waals surface area contributed by atoms with Crippen molar-refractivity contribution in [3.63, 3.8) is 0 Å². The summed E-state index contributed by atoms with van der Waals surface area (Å²) in [6.45, 7) is 3.53. The number of fused-ring (bicyclic) bond motifs is 1. The van der Waals surface area contributed by atoms with E-state index in [1.165, 1.54) is 6.33 Å². The Morgan fingerprint density at radius 3 is 2.59 bits per heavy atom. The van der Waals surface area contributed by atoms with Crippen LogP contribution in [-0.2, 0) is 29.0 Å². The Labute approximate surface area is 250 Å². The number of piperazine rings is 1. The summed E-state index contributed by atoms with van der Waals surface area (Å²) in [7, 11) is 0. The maximum Gasteiger partial charge on any atom is 0.240 e. The summed E-state index contributed by atoms with van der Waals surface area (Å²) in [5.41, 5.74) is 8.21. The summed E-state index contributed by atoms with van der Waals surface area (Å²) in [5.74, 6) is -0.0892. The van der Waals surface area contributed by atoms with E-state index < -0.39 is 6.04 Å². The Morgan fingerprint density at radius 1 is 1.02 bits per heavy atom. The lowest BCUT2D eigenvalue weighted by molar-refractivity contribution is -0.147. The highest BCUT2D eigenvalue weighted by Crippen LogP contribution is 2.25. The molecule has 1 aromatic heterocycles. The lowest BCUT2D eigenvalue weighted by atomic mass is 9.98. The topological polar surface area (TPSA) is 97.3 Å². The highest BCUT2D eigenvalue weighted by molar-refractivity contribution is 6.35. The summed E-state index contributed by atoms with van der Waals surface area (Å²) in [4.78, 5) is 35.1. The van der Waals surface area contributed by atoms with Gasteiger partial charge in [-0.2, -0.15) is 5.10 Å². The first-order valence-electron chi connectivity index (χ1n) is 13.9. The fourth-order valence-electron chi connectivity index (χ4n) is 5.59. The molecule has 0 saturated carbocycles. The van der Waals surface area contributed by atoms with Crippen LogP contribution in [0.4, 0.5) is 0 Å². The lowest BCUT2D eigenvalue weighted by Gasteiger charge is -2.46. The zero-order valence-corrected chi connectivity index (χ0v) is 24.5. The zero-order valence-electron chi connectivity index (χ0n) is 23.0.